The van der Waals surface area contributed by atoms with Crippen LogP contribution in [0.1, 0.15) is 28.3 Å². The Balaban J connectivity index is 2.11. The molecule has 0 fully saturated rings. The Kier molecular flexibility index (Phi) is 3.79. The van der Waals surface area contributed by atoms with Gasteiger partial charge in [-0.2, -0.15) is 0 Å². The highest BCUT2D eigenvalue weighted by atomic mass is 35.5. The van der Waals surface area contributed by atoms with Crippen LogP contribution in [0.5, 0.6) is 0 Å². The second kappa shape index (κ2) is 5.57. The molecule has 0 saturated carbocycles. The van der Waals surface area contributed by atoms with Gasteiger partial charge in [-0.05, 0) is 47.7 Å². The zero-order valence-corrected chi connectivity index (χ0v) is 12.2. The summed E-state index contributed by atoms with van der Waals surface area (Å²) < 4.78 is 0. The third-order valence-corrected chi connectivity index (χ3v) is 4.24. The molecule has 1 heterocycles. The largest absolute Gasteiger partial charge is 0.395 e. The lowest BCUT2D eigenvalue weighted by molar-refractivity contribution is 0.229. The van der Waals surface area contributed by atoms with Gasteiger partial charge in [0.2, 0.25) is 0 Å². The molecule has 0 amide bonds. The number of fused-ring (bicyclic) bond motifs is 1. The molecular formula is C17H18ClNO. The molecule has 104 valence electrons. The van der Waals surface area contributed by atoms with Gasteiger partial charge in [0, 0.05) is 11.1 Å². The number of aliphatic hydroxyl groups excluding tert-OH is 1. The van der Waals surface area contributed by atoms with Crippen molar-refractivity contribution in [2.24, 2.45) is 0 Å². The van der Waals surface area contributed by atoms with Crippen molar-refractivity contribution in [2.45, 2.75) is 25.4 Å². The maximum atomic E-state index is 9.52. The Hall–Kier alpha value is -1.35. The van der Waals surface area contributed by atoms with Gasteiger partial charge < -0.3 is 10.4 Å². The van der Waals surface area contributed by atoms with E-state index >= 15 is 0 Å². The van der Waals surface area contributed by atoms with Crippen molar-refractivity contribution in [3.8, 4) is 0 Å². The van der Waals surface area contributed by atoms with E-state index in [9.17, 15) is 5.11 Å². The summed E-state index contributed by atoms with van der Waals surface area (Å²) in [6.07, 6.45) is 0.839. The molecule has 0 aliphatic carbocycles. The second-order valence-corrected chi connectivity index (χ2v) is 5.82. The molecule has 3 heteroatoms. The molecule has 2 nitrogen and oxygen atoms in total. The minimum absolute atomic E-state index is 0.0910. The van der Waals surface area contributed by atoms with Crippen molar-refractivity contribution in [3.05, 3.63) is 69.7 Å². The van der Waals surface area contributed by atoms with Crippen LogP contribution in [0.25, 0.3) is 0 Å². The molecule has 2 aromatic carbocycles. The number of hydrogen-bond donors (Lipinski definition) is 2. The molecule has 1 aliphatic heterocycles. The number of nitrogens with one attached hydrogen (secondary N) is 1. The zero-order valence-electron chi connectivity index (χ0n) is 11.4. The van der Waals surface area contributed by atoms with Gasteiger partial charge in [0.25, 0.3) is 0 Å². The predicted molar refractivity (Wildman–Crippen MR) is 82.2 cm³/mol. The van der Waals surface area contributed by atoms with E-state index < -0.39 is 0 Å². The molecular weight excluding hydrogens is 270 g/mol. The average molecular weight is 288 g/mol. The van der Waals surface area contributed by atoms with Crippen LogP contribution in [-0.2, 0) is 6.42 Å². The van der Waals surface area contributed by atoms with E-state index in [0.29, 0.717) is 0 Å². The lowest BCUT2D eigenvalue weighted by Gasteiger charge is -2.33. The lowest BCUT2D eigenvalue weighted by atomic mass is 9.85. The molecule has 3 rings (SSSR count). The first-order chi connectivity index (χ1) is 9.69. The summed E-state index contributed by atoms with van der Waals surface area (Å²) in [5, 5.41) is 13.8. The average Bonchev–Trinajstić information content (AvgIpc) is 2.47. The first kappa shape index (κ1) is 13.6. The van der Waals surface area contributed by atoms with Gasteiger partial charge in [-0.3, -0.25) is 0 Å². The van der Waals surface area contributed by atoms with Crippen LogP contribution in [0.4, 0.5) is 0 Å². The van der Waals surface area contributed by atoms with E-state index in [-0.39, 0.29) is 18.7 Å². The second-order valence-electron chi connectivity index (χ2n) is 5.38. The van der Waals surface area contributed by atoms with Crippen molar-refractivity contribution < 1.29 is 5.11 Å². The van der Waals surface area contributed by atoms with Crippen LogP contribution in [0.15, 0.2) is 42.5 Å². The maximum absolute atomic E-state index is 9.52. The summed E-state index contributed by atoms with van der Waals surface area (Å²) in [6.45, 7) is 2.26. The van der Waals surface area contributed by atoms with Crippen LogP contribution in [0.3, 0.4) is 0 Å². The quantitative estimate of drug-likeness (QED) is 0.889. The smallest absolute Gasteiger partial charge is 0.0588 e. The van der Waals surface area contributed by atoms with E-state index in [2.05, 4.69) is 36.5 Å². The summed E-state index contributed by atoms with van der Waals surface area (Å²) >= 11 is 6.16. The third-order valence-electron chi connectivity index (χ3n) is 4.01. The molecule has 20 heavy (non-hydrogen) atoms. The minimum Gasteiger partial charge on any atom is -0.395 e. The van der Waals surface area contributed by atoms with Crippen molar-refractivity contribution in [1.82, 2.24) is 5.32 Å². The number of halogens is 1. The summed E-state index contributed by atoms with van der Waals surface area (Å²) in [6, 6.07) is 14.6. The van der Waals surface area contributed by atoms with E-state index in [1.165, 1.54) is 22.3 Å². The molecule has 2 atom stereocenters. The Morgan fingerprint density at radius 1 is 1.20 bits per heavy atom. The molecule has 2 N–H and O–H groups in total. The van der Waals surface area contributed by atoms with Crippen LogP contribution in [0, 0.1) is 6.92 Å². The Bertz CT molecular complexity index is 626. The molecule has 0 unspecified atom stereocenters. The van der Waals surface area contributed by atoms with Gasteiger partial charge in [-0.25, -0.2) is 0 Å². The molecule has 1 aliphatic rings. The zero-order chi connectivity index (χ0) is 14.1. The lowest BCUT2D eigenvalue weighted by Crippen LogP contribution is -2.42. The van der Waals surface area contributed by atoms with E-state index in [0.717, 1.165) is 11.4 Å². The van der Waals surface area contributed by atoms with Gasteiger partial charge in [-0.15, -0.1) is 0 Å². The summed E-state index contributed by atoms with van der Waals surface area (Å²) in [5.41, 5.74) is 4.97. The number of hydrogen-bond acceptors (Lipinski definition) is 2. The van der Waals surface area contributed by atoms with Crippen LogP contribution in [-0.4, -0.2) is 17.8 Å². The first-order valence-electron chi connectivity index (χ1n) is 6.90. The van der Waals surface area contributed by atoms with Gasteiger partial charge in [0.15, 0.2) is 0 Å². The highest BCUT2D eigenvalue weighted by Gasteiger charge is 2.27. The van der Waals surface area contributed by atoms with Gasteiger partial charge >= 0.3 is 0 Å². The minimum atomic E-state index is 0.0910. The molecule has 2 aromatic rings. The van der Waals surface area contributed by atoms with E-state index in [1.807, 2.05) is 18.2 Å². The van der Waals surface area contributed by atoms with Gasteiger partial charge in [0.05, 0.1) is 12.6 Å². The van der Waals surface area contributed by atoms with Crippen LogP contribution >= 0.6 is 11.6 Å². The summed E-state index contributed by atoms with van der Waals surface area (Å²) in [7, 11) is 0. The monoisotopic (exact) mass is 287 g/mol. The molecule has 0 spiro atoms. The number of aliphatic hydroxyl groups is 1. The van der Waals surface area contributed by atoms with Crippen molar-refractivity contribution in [3.63, 3.8) is 0 Å². The normalized spacial score (nSPS) is 21.6. The van der Waals surface area contributed by atoms with Crippen LogP contribution in [0.2, 0.25) is 5.02 Å². The maximum Gasteiger partial charge on any atom is 0.0588 e. The van der Waals surface area contributed by atoms with Crippen molar-refractivity contribution in [2.75, 3.05) is 6.61 Å². The van der Waals surface area contributed by atoms with Gasteiger partial charge in [-0.1, -0.05) is 41.9 Å². The predicted octanol–water partition coefficient (Wildman–Crippen LogP) is 3.24. The Morgan fingerprint density at radius 3 is 2.75 bits per heavy atom. The van der Waals surface area contributed by atoms with E-state index in [1.54, 1.807) is 0 Å². The summed E-state index contributed by atoms with van der Waals surface area (Å²) in [4.78, 5) is 0. The van der Waals surface area contributed by atoms with Gasteiger partial charge in [0.1, 0.15) is 0 Å². The Morgan fingerprint density at radius 2 is 2.00 bits per heavy atom. The first-order valence-corrected chi connectivity index (χ1v) is 7.27. The topological polar surface area (TPSA) is 32.3 Å². The third kappa shape index (κ3) is 2.47. The number of benzene rings is 2. The number of aryl methyl sites for hydroxylation is 1. The standard InChI is InChI=1S/C17H18ClNO/c1-11-4-2-3-5-15(11)17-16-9-13(18)7-6-12(16)8-14(10-20)19-17/h2-7,9,14,17,19-20H,8,10H2,1H3/t14-,17-/m0/s1. The highest BCUT2D eigenvalue weighted by Crippen LogP contribution is 2.33. The molecule has 0 saturated heterocycles. The SMILES string of the molecule is Cc1ccccc1[C@@H]1N[C@H](CO)Cc2ccc(Cl)cc21. The molecule has 0 aromatic heterocycles. The summed E-state index contributed by atoms with van der Waals surface area (Å²) in [5.74, 6) is 0. The fourth-order valence-electron chi connectivity index (χ4n) is 2.96. The Labute approximate surface area is 124 Å². The fourth-order valence-corrected chi connectivity index (χ4v) is 3.14. The highest BCUT2D eigenvalue weighted by molar-refractivity contribution is 6.30. The molecule has 0 bridgehead atoms. The number of rotatable bonds is 2. The molecule has 0 radical (unpaired) electrons. The van der Waals surface area contributed by atoms with Crippen molar-refractivity contribution in [1.29, 1.82) is 0 Å². The van der Waals surface area contributed by atoms with Crippen molar-refractivity contribution >= 4 is 11.6 Å². The van der Waals surface area contributed by atoms with E-state index in [4.69, 9.17) is 11.6 Å². The fraction of sp³-hybridized carbons (Fsp3) is 0.294. The van der Waals surface area contributed by atoms with Crippen LogP contribution < -0.4 is 5.32 Å².